The summed E-state index contributed by atoms with van der Waals surface area (Å²) in [5.41, 5.74) is 0. The summed E-state index contributed by atoms with van der Waals surface area (Å²) in [7, 11) is 2.44. The molecule has 2 radical (unpaired) electrons. The van der Waals surface area contributed by atoms with Gasteiger partial charge in [0.15, 0.2) is 0 Å². The highest BCUT2D eigenvalue weighted by Crippen LogP contribution is 2.36. The van der Waals surface area contributed by atoms with Gasteiger partial charge in [0, 0.05) is 12.6 Å². The van der Waals surface area contributed by atoms with E-state index in [9.17, 15) is 14.9 Å². The standard InChI is InChI=1S/C12H22BO6P/c1-3-5-17-6-7-18-11-10(14)9(19-12(11)13)4-8-20(2,15)16/h4,8-12,14-16H,2-3,5-7H2,1H3/b8-4+/t9-,10?,11+,12-/m1/s1. The molecule has 1 aliphatic heterocycles. The van der Waals surface area contributed by atoms with Crippen LogP contribution >= 0.6 is 7.34 Å². The van der Waals surface area contributed by atoms with Gasteiger partial charge in [0.05, 0.1) is 13.2 Å². The van der Waals surface area contributed by atoms with Gasteiger partial charge < -0.3 is 29.1 Å². The molecule has 1 aliphatic rings. The van der Waals surface area contributed by atoms with Gasteiger partial charge in [-0.1, -0.05) is 6.92 Å². The Morgan fingerprint density at radius 1 is 1.35 bits per heavy atom. The predicted molar refractivity (Wildman–Crippen MR) is 78.9 cm³/mol. The summed E-state index contributed by atoms with van der Waals surface area (Å²) in [5, 5.41) is 10.0. The number of hydrogen-bond donors (Lipinski definition) is 3. The number of hydrogen-bond acceptors (Lipinski definition) is 6. The van der Waals surface area contributed by atoms with Crippen molar-refractivity contribution in [3.63, 3.8) is 0 Å². The first-order valence-corrected chi connectivity index (χ1v) is 8.46. The lowest BCUT2D eigenvalue weighted by molar-refractivity contribution is -0.0421. The Kier molecular flexibility index (Phi) is 7.47. The van der Waals surface area contributed by atoms with Gasteiger partial charge in [0.1, 0.15) is 33.5 Å². The Labute approximate surface area is 120 Å². The van der Waals surface area contributed by atoms with E-state index in [2.05, 4.69) is 6.30 Å². The van der Waals surface area contributed by atoms with Crippen molar-refractivity contribution in [3.05, 3.63) is 11.9 Å². The quantitative estimate of drug-likeness (QED) is 0.328. The topological polar surface area (TPSA) is 88.4 Å². The van der Waals surface area contributed by atoms with Gasteiger partial charge in [0.2, 0.25) is 0 Å². The summed E-state index contributed by atoms with van der Waals surface area (Å²) < 4.78 is 16.0. The summed E-state index contributed by atoms with van der Waals surface area (Å²) in [4.78, 5) is 18.3. The van der Waals surface area contributed by atoms with Crippen molar-refractivity contribution in [2.24, 2.45) is 0 Å². The van der Waals surface area contributed by atoms with Gasteiger partial charge in [-0.05, 0) is 24.6 Å². The van der Waals surface area contributed by atoms with Gasteiger partial charge >= 0.3 is 0 Å². The van der Waals surface area contributed by atoms with Crippen molar-refractivity contribution in [1.82, 2.24) is 0 Å². The highest BCUT2D eigenvalue weighted by molar-refractivity contribution is 7.65. The van der Waals surface area contributed by atoms with Crippen molar-refractivity contribution >= 4 is 21.5 Å². The molecule has 1 saturated heterocycles. The van der Waals surface area contributed by atoms with Crippen molar-refractivity contribution < 1.29 is 29.1 Å². The normalized spacial score (nSPS) is 31.2. The molecule has 0 aromatic rings. The first-order chi connectivity index (χ1) is 9.35. The zero-order valence-electron chi connectivity index (χ0n) is 11.6. The SMILES string of the molecule is [B][C@@H]1O[C@H](/C=C/P(=C)(O)O)C(O)[C@@H]1OCCOCCC. The molecule has 0 aliphatic carbocycles. The van der Waals surface area contributed by atoms with Gasteiger partial charge in [-0.15, -0.1) is 0 Å². The second-order valence-corrected chi connectivity index (χ2v) is 6.50. The first-order valence-electron chi connectivity index (χ1n) is 6.51. The van der Waals surface area contributed by atoms with E-state index in [-0.39, 0.29) is 0 Å². The van der Waals surface area contributed by atoms with Crippen LogP contribution in [0.3, 0.4) is 0 Å². The average molecular weight is 304 g/mol. The summed E-state index contributed by atoms with van der Waals surface area (Å²) >= 11 is 0. The Morgan fingerprint density at radius 3 is 2.65 bits per heavy atom. The second kappa shape index (κ2) is 8.34. The Hall–Kier alpha value is -0.135. The smallest absolute Gasteiger partial charge is 0.134 e. The monoisotopic (exact) mass is 304 g/mol. The Bertz CT molecular complexity index is 358. The van der Waals surface area contributed by atoms with Crippen LogP contribution in [0.1, 0.15) is 13.3 Å². The molecule has 0 spiro atoms. The van der Waals surface area contributed by atoms with Crippen molar-refractivity contribution in [2.45, 2.75) is 37.7 Å². The van der Waals surface area contributed by atoms with E-state index in [1.54, 1.807) is 0 Å². The van der Waals surface area contributed by atoms with E-state index < -0.39 is 31.7 Å². The van der Waals surface area contributed by atoms with Crippen LogP contribution < -0.4 is 0 Å². The maximum atomic E-state index is 10.0. The van der Waals surface area contributed by atoms with Crippen LogP contribution in [0, 0.1) is 0 Å². The number of aliphatic hydroxyl groups excluding tert-OH is 1. The second-order valence-electron chi connectivity index (χ2n) is 4.63. The predicted octanol–water partition coefficient (Wildman–Crippen LogP) is -0.170. The highest BCUT2D eigenvalue weighted by atomic mass is 31.2. The molecule has 3 N–H and O–H groups in total. The van der Waals surface area contributed by atoms with E-state index in [0.29, 0.717) is 19.8 Å². The van der Waals surface area contributed by atoms with Crippen LogP contribution in [0.4, 0.5) is 0 Å². The molecule has 0 aromatic carbocycles. The molecule has 1 unspecified atom stereocenters. The third kappa shape index (κ3) is 6.10. The van der Waals surface area contributed by atoms with E-state index >= 15 is 0 Å². The summed E-state index contributed by atoms with van der Waals surface area (Å²) in [6.07, 6.45) is 3.08. The minimum atomic E-state index is -3.29. The first kappa shape index (κ1) is 17.9. The summed E-state index contributed by atoms with van der Waals surface area (Å²) in [5.74, 6) is 1.13. The van der Waals surface area contributed by atoms with Gasteiger partial charge in [-0.25, -0.2) is 0 Å². The van der Waals surface area contributed by atoms with Crippen molar-refractivity contribution in [1.29, 1.82) is 0 Å². The molecule has 4 atom stereocenters. The molecule has 1 rings (SSSR count). The zero-order valence-corrected chi connectivity index (χ0v) is 12.5. The molecule has 1 fully saturated rings. The van der Waals surface area contributed by atoms with E-state index in [1.807, 2.05) is 6.92 Å². The Morgan fingerprint density at radius 2 is 2.05 bits per heavy atom. The highest BCUT2D eigenvalue weighted by Gasteiger charge is 2.40. The molecule has 0 amide bonds. The van der Waals surface area contributed by atoms with Crippen LogP contribution in [0.25, 0.3) is 0 Å². The zero-order chi connectivity index (χ0) is 15.2. The summed E-state index contributed by atoms with van der Waals surface area (Å²) in [6.45, 7) is 3.40. The minimum Gasteiger partial charge on any atom is -0.387 e. The molecule has 20 heavy (non-hydrogen) atoms. The third-order valence-electron chi connectivity index (χ3n) is 2.71. The van der Waals surface area contributed by atoms with Crippen LogP contribution in [0.15, 0.2) is 11.9 Å². The molecular weight excluding hydrogens is 282 g/mol. The number of aliphatic hydroxyl groups is 1. The lowest BCUT2D eigenvalue weighted by Crippen LogP contribution is -2.36. The molecular formula is C12H22BO6P. The molecule has 8 heteroatoms. The molecule has 0 saturated carbocycles. The van der Waals surface area contributed by atoms with E-state index in [0.717, 1.165) is 12.2 Å². The van der Waals surface area contributed by atoms with Crippen LogP contribution in [0.5, 0.6) is 0 Å². The lowest BCUT2D eigenvalue weighted by atomic mass is 9.93. The molecule has 0 aromatic heterocycles. The number of rotatable bonds is 8. The van der Waals surface area contributed by atoms with Crippen molar-refractivity contribution in [3.8, 4) is 0 Å². The maximum Gasteiger partial charge on any atom is 0.134 e. The van der Waals surface area contributed by atoms with E-state index in [1.165, 1.54) is 6.08 Å². The fourth-order valence-corrected chi connectivity index (χ4v) is 2.23. The lowest BCUT2D eigenvalue weighted by Gasteiger charge is -2.18. The van der Waals surface area contributed by atoms with Crippen LogP contribution in [-0.4, -0.2) is 73.2 Å². The molecule has 6 nitrogen and oxygen atoms in total. The third-order valence-corrected chi connectivity index (χ3v) is 3.36. The molecule has 1 heterocycles. The van der Waals surface area contributed by atoms with Crippen molar-refractivity contribution in [2.75, 3.05) is 19.8 Å². The summed E-state index contributed by atoms with van der Waals surface area (Å²) in [6, 6.07) is -0.777. The van der Waals surface area contributed by atoms with Crippen LogP contribution in [0.2, 0.25) is 0 Å². The van der Waals surface area contributed by atoms with Gasteiger partial charge in [-0.3, -0.25) is 0 Å². The average Bonchev–Trinajstić information content (AvgIpc) is 2.62. The fraction of sp³-hybridized carbons (Fsp3) is 0.750. The maximum absolute atomic E-state index is 10.0. The van der Waals surface area contributed by atoms with Gasteiger partial charge in [0.25, 0.3) is 0 Å². The van der Waals surface area contributed by atoms with Crippen LogP contribution in [-0.2, 0) is 14.2 Å². The largest absolute Gasteiger partial charge is 0.387 e. The Balaban J connectivity index is 2.42. The molecule has 114 valence electrons. The van der Waals surface area contributed by atoms with Gasteiger partial charge in [-0.2, -0.15) is 0 Å². The number of ether oxygens (including phenoxy) is 3. The molecule has 0 bridgehead atoms. The fourth-order valence-electron chi connectivity index (χ4n) is 1.79. The van der Waals surface area contributed by atoms with E-state index in [4.69, 9.17) is 22.1 Å². The minimum absolute atomic E-state index is 0.307.